The van der Waals surface area contributed by atoms with Gasteiger partial charge in [-0.05, 0) is 59.2 Å². The highest BCUT2D eigenvalue weighted by Crippen LogP contribution is 2.29. The molecule has 1 amide bonds. The average Bonchev–Trinajstić information content (AvgIpc) is 3.17. The molecule has 10 nitrogen and oxygen atoms in total. The lowest BCUT2D eigenvalue weighted by molar-refractivity contribution is -0.153. The molecule has 0 spiro atoms. The van der Waals surface area contributed by atoms with Gasteiger partial charge in [-0.3, -0.25) is 9.69 Å². The Kier molecular flexibility index (Phi) is 8.32. The summed E-state index contributed by atoms with van der Waals surface area (Å²) >= 11 is 0. The normalized spacial score (nSPS) is 11.6. The molecule has 0 saturated carbocycles. The summed E-state index contributed by atoms with van der Waals surface area (Å²) in [5.74, 6) is 6.44. The number of carbonyl (C=O) groups excluding carboxylic acids is 2. The predicted molar refractivity (Wildman–Crippen MR) is 148 cm³/mol. The number of nitrogens with two attached hydrogens (primary N) is 1. The Labute approximate surface area is 223 Å². The highest BCUT2D eigenvalue weighted by molar-refractivity contribution is 6.00. The number of ether oxygens (including phenoxy) is 2. The number of pyridine rings is 1. The Morgan fingerprint density at radius 1 is 1.11 bits per heavy atom. The van der Waals surface area contributed by atoms with Gasteiger partial charge in [0.15, 0.2) is 5.82 Å². The number of hydrogen-bond acceptors (Lipinski definition) is 8. The molecule has 10 heteroatoms. The number of aromatic nitrogens is 3. The number of rotatable bonds is 5. The second-order valence-electron chi connectivity index (χ2n) is 10.9. The van der Waals surface area contributed by atoms with Gasteiger partial charge >= 0.3 is 12.1 Å². The summed E-state index contributed by atoms with van der Waals surface area (Å²) in [6.45, 7) is 11.5. The van der Waals surface area contributed by atoms with Crippen molar-refractivity contribution in [2.24, 2.45) is 7.05 Å². The molecule has 2 aromatic heterocycles. The van der Waals surface area contributed by atoms with Crippen molar-refractivity contribution >= 4 is 34.7 Å². The van der Waals surface area contributed by atoms with Gasteiger partial charge in [-0.1, -0.05) is 24.0 Å². The van der Waals surface area contributed by atoms with Crippen LogP contribution in [-0.4, -0.2) is 51.4 Å². The maximum Gasteiger partial charge on any atom is 0.415 e. The fourth-order valence-corrected chi connectivity index (χ4v) is 3.59. The lowest BCUT2D eigenvalue weighted by atomic mass is 10.1. The SMILES string of the molecule is CN(C(=O)OC(C)(C)C)c1nc(N)c(C#Cc2cccc(CNCC(=O)OC(C)(C)C)c2)c2c1ncn2C. The minimum absolute atomic E-state index is 0.109. The van der Waals surface area contributed by atoms with E-state index in [4.69, 9.17) is 15.2 Å². The first-order valence-corrected chi connectivity index (χ1v) is 12.3. The lowest BCUT2D eigenvalue weighted by Gasteiger charge is -2.24. The van der Waals surface area contributed by atoms with E-state index in [0.717, 1.165) is 11.1 Å². The number of nitrogens with zero attached hydrogens (tertiary/aromatic N) is 4. The van der Waals surface area contributed by atoms with Crippen LogP contribution < -0.4 is 16.0 Å². The topological polar surface area (TPSA) is 125 Å². The number of benzene rings is 1. The molecule has 1 aromatic carbocycles. The lowest BCUT2D eigenvalue weighted by Crippen LogP contribution is -2.34. The minimum Gasteiger partial charge on any atom is -0.459 e. The van der Waals surface area contributed by atoms with E-state index in [-0.39, 0.29) is 24.1 Å². The first kappa shape index (κ1) is 28.5. The Morgan fingerprint density at radius 3 is 2.45 bits per heavy atom. The number of amides is 1. The van der Waals surface area contributed by atoms with E-state index >= 15 is 0 Å². The molecule has 0 aliphatic heterocycles. The number of nitrogens with one attached hydrogen (secondary N) is 1. The fourth-order valence-electron chi connectivity index (χ4n) is 3.59. The molecule has 2 heterocycles. The molecule has 0 fully saturated rings. The Hall–Kier alpha value is -4.10. The summed E-state index contributed by atoms with van der Waals surface area (Å²) in [5, 5.41) is 3.10. The summed E-state index contributed by atoms with van der Waals surface area (Å²) in [6.07, 6.45) is 1.06. The molecule has 0 atom stereocenters. The number of imidazole rings is 1. The highest BCUT2D eigenvalue weighted by Gasteiger charge is 2.25. The molecule has 3 rings (SSSR count). The number of nitrogen functional groups attached to an aromatic ring is 1. The van der Waals surface area contributed by atoms with Crippen LogP contribution in [0.3, 0.4) is 0 Å². The van der Waals surface area contributed by atoms with Gasteiger partial charge < -0.3 is 25.1 Å². The van der Waals surface area contributed by atoms with Gasteiger partial charge in [-0.25, -0.2) is 14.8 Å². The van der Waals surface area contributed by atoms with E-state index in [1.54, 1.807) is 38.7 Å². The number of carbonyl (C=O) groups is 2. The molecule has 3 N–H and O–H groups in total. The predicted octanol–water partition coefficient (Wildman–Crippen LogP) is 3.75. The van der Waals surface area contributed by atoms with Gasteiger partial charge in [-0.15, -0.1) is 0 Å². The van der Waals surface area contributed by atoms with Crippen LogP contribution in [0.5, 0.6) is 0 Å². The second kappa shape index (κ2) is 11.1. The summed E-state index contributed by atoms with van der Waals surface area (Å²) in [6, 6.07) is 7.67. The zero-order chi connectivity index (χ0) is 28.3. The van der Waals surface area contributed by atoms with E-state index in [2.05, 4.69) is 27.1 Å². The molecule has 3 aromatic rings. The standard InChI is InChI=1S/C28H36N6O4/c1-27(2,3)37-21(35)16-30-15-19-11-9-10-18(14-19)12-13-20-23-22(31-17-33(23)7)25(32-24(20)29)34(8)26(36)38-28(4,5)6/h9-11,14,17,30H,15-16H2,1-8H3,(H2,29,32). The third kappa shape index (κ3) is 7.46. The number of hydrogen-bond donors (Lipinski definition) is 2. The third-order valence-corrected chi connectivity index (χ3v) is 5.13. The van der Waals surface area contributed by atoms with Gasteiger partial charge in [0.2, 0.25) is 0 Å². The Bertz CT molecular complexity index is 1400. The van der Waals surface area contributed by atoms with Crippen LogP contribution >= 0.6 is 0 Å². The second-order valence-corrected chi connectivity index (χ2v) is 10.9. The molecular weight excluding hydrogens is 484 g/mol. The summed E-state index contributed by atoms with van der Waals surface area (Å²) < 4.78 is 12.6. The van der Waals surface area contributed by atoms with Crippen molar-refractivity contribution in [3.05, 3.63) is 47.3 Å². The van der Waals surface area contributed by atoms with Crippen LogP contribution in [-0.2, 0) is 27.9 Å². The van der Waals surface area contributed by atoms with Crippen molar-refractivity contribution in [3.63, 3.8) is 0 Å². The average molecular weight is 521 g/mol. The first-order valence-electron chi connectivity index (χ1n) is 12.3. The Morgan fingerprint density at radius 2 is 1.79 bits per heavy atom. The van der Waals surface area contributed by atoms with Crippen LogP contribution in [0, 0.1) is 11.8 Å². The van der Waals surface area contributed by atoms with Gasteiger partial charge in [0.25, 0.3) is 0 Å². The molecule has 0 aliphatic carbocycles. The number of anilines is 2. The first-order chi connectivity index (χ1) is 17.6. The smallest absolute Gasteiger partial charge is 0.415 e. The van der Waals surface area contributed by atoms with Crippen molar-refractivity contribution in [2.75, 3.05) is 24.2 Å². The van der Waals surface area contributed by atoms with Crippen molar-refractivity contribution in [3.8, 4) is 11.8 Å². The number of esters is 1. The van der Waals surface area contributed by atoms with E-state index in [0.29, 0.717) is 23.1 Å². The molecular formula is C28H36N6O4. The maximum absolute atomic E-state index is 12.7. The van der Waals surface area contributed by atoms with E-state index in [1.807, 2.05) is 52.1 Å². The number of aryl methyl sites for hydroxylation is 1. The number of fused-ring (bicyclic) bond motifs is 1. The van der Waals surface area contributed by atoms with Crippen LogP contribution in [0.25, 0.3) is 11.0 Å². The van der Waals surface area contributed by atoms with Crippen molar-refractivity contribution < 1.29 is 19.1 Å². The van der Waals surface area contributed by atoms with Crippen LogP contribution in [0.1, 0.15) is 58.2 Å². The summed E-state index contributed by atoms with van der Waals surface area (Å²) in [7, 11) is 3.39. The monoisotopic (exact) mass is 520 g/mol. The molecule has 0 aliphatic rings. The summed E-state index contributed by atoms with van der Waals surface area (Å²) in [5.41, 5.74) is 8.53. The Balaban J connectivity index is 1.84. The zero-order valence-electron chi connectivity index (χ0n) is 23.3. The maximum atomic E-state index is 12.7. The van der Waals surface area contributed by atoms with Crippen molar-refractivity contribution in [1.29, 1.82) is 0 Å². The quantitative estimate of drug-likeness (QED) is 0.385. The van der Waals surface area contributed by atoms with Gasteiger partial charge in [0.05, 0.1) is 24.0 Å². The minimum atomic E-state index is -0.661. The van der Waals surface area contributed by atoms with Gasteiger partial charge in [0, 0.05) is 26.2 Å². The zero-order valence-corrected chi connectivity index (χ0v) is 23.3. The van der Waals surface area contributed by atoms with Crippen LogP contribution in [0.2, 0.25) is 0 Å². The van der Waals surface area contributed by atoms with Crippen LogP contribution in [0.4, 0.5) is 16.4 Å². The largest absolute Gasteiger partial charge is 0.459 e. The fraction of sp³-hybridized carbons (Fsp3) is 0.429. The molecule has 202 valence electrons. The van der Waals surface area contributed by atoms with Gasteiger partial charge in [0.1, 0.15) is 22.5 Å². The van der Waals surface area contributed by atoms with Crippen LogP contribution in [0.15, 0.2) is 30.6 Å². The van der Waals surface area contributed by atoms with E-state index in [1.165, 1.54) is 4.90 Å². The van der Waals surface area contributed by atoms with Crippen molar-refractivity contribution in [1.82, 2.24) is 19.9 Å². The highest BCUT2D eigenvalue weighted by atomic mass is 16.6. The third-order valence-electron chi connectivity index (χ3n) is 5.13. The summed E-state index contributed by atoms with van der Waals surface area (Å²) in [4.78, 5) is 34.8. The molecule has 0 saturated heterocycles. The van der Waals surface area contributed by atoms with Gasteiger partial charge in [-0.2, -0.15) is 0 Å². The molecule has 0 unspecified atom stereocenters. The van der Waals surface area contributed by atoms with E-state index < -0.39 is 17.3 Å². The molecule has 0 bridgehead atoms. The molecule has 38 heavy (non-hydrogen) atoms. The van der Waals surface area contributed by atoms with Crippen molar-refractivity contribution in [2.45, 2.75) is 59.3 Å². The van der Waals surface area contributed by atoms with E-state index in [9.17, 15) is 9.59 Å². The molecule has 0 radical (unpaired) electrons.